The molecule has 0 N–H and O–H groups in total. The van der Waals surface area contributed by atoms with Crippen molar-refractivity contribution in [2.75, 3.05) is 0 Å². The first-order valence-corrected chi connectivity index (χ1v) is 11.3. The fourth-order valence-electron chi connectivity index (χ4n) is 4.61. The highest BCUT2D eigenvalue weighted by Gasteiger charge is 2.33. The molecule has 5 rings (SSSR count). The molecule has 0 bridgehead atoms. The first-order chi connectivity index (χ1) is 13.9. The van der Waals surface area contributed by atoms with Crippen LogP contribution in [0.4, 0.5) is 0 Å². The fourth-order valence-corrected chi connectivity index (χ4v) is 5.87. The van der Waals surface area contributed by atoms with E-state index in [2.05, 4.69) is 38.9 Å². The van der Waals surface area contributed by atoms with Crippen LogP contribution in [0.5, 0.6) is 0 Å². The van der Waals surface area contributed by atoms with Crippen molar-refractivity contribution in [2.45, 2.75) is 66.8 Å². The quantitative estimate of drug-likeness (QED) is 0.489. The monoisotopic (exact) mass is 408 g/mol. The molecule has 7 heteroatoms. The number of aryl methyl sites for hydroxylation is 3. The molecule has 1 aliphatic carbocycles. The van der Waals surface area contributed by atoms with Gasteiger partial charge in [0.1, 0.15) is 17.7 Å². The number of aromatic nitrogens is 6. The van der Waals surface area contributed by atoms with Crippen LogP contribution in [0.1, 0.15) is 61.3 Å². The number of nitrogens with zero attached hydrogens (tertiary/aromatic N) is 6. The lowest BCUT2D eigenvalue weighted by atomic mass is 9.70. The third kappa shape index (κ3) is 3.06. The van der Waals surface area contributed by atoms with Crippen LogP contribution in [0.15, 0.2) is 12.4 Å². The molecule has 0 saturated carbocycles. The predicted molar refractivity (Wildman–Crippen MR) is 117 cm³/mol. The average Bonchev–Trinajstić information content (AvgIpc) is 3.35. The van der Waals surface area contributed by atoms with E-state index in [-0.39, 0.29) is 0 Å². The summed E-state index contributed by atoms with van der Waals surface area (Å²) in [5.41, 5.74) is 4.93. The number of rotatable bonds is 4. The van der Waals surface area contributed by atoms with Crippen LogP contribution in [0.2, 0.25) is 0 Å². The van der Waals surface area contributed by atoms with E-state index in [1.54, 1.807) is 0 Å². The fraction of sp³-hybridized carbons (Fsp3) is 0.545. The van der Waals surface area contributed by atoms with E-state index >= 15 is 0 Å². The van der Waals surface area contributed by atoms with E-state index in [0.29, 0.717) is 12.0 Å². The second-order valence-corrected chi connectivity index (χ2v) is 10.2. The molecule has 6 nitrogen and oxygen atoms in total. The average molecular weight is 409 g/mol. The van der Waals surface area contributed by atoms with Gasteiger partial charge in [0.15, 0.2) is 11.5 Å². The van der Waals surface area contributed by atoms with Crippen molar-refractivity contribution < 1.29 is 0 Å². The zero-order valence-electron chi connectivity index (χ0n) is 17.9. The standard InChI is InChI=1S/C22H28N6S/c1-6-22(4,5)15-7-8-16-17(10-15)29-21-19(16)20-24-18(26-28(20)12-23-21)11-27-14(3)9-13(2)25-27/h9,12,15H,6-8,10-11H2,1-5H3/t15-/m1/s1. The lowest BCUT2D eigenvalue weighted by Gasteiger charge is -2.36. The van der Waals surface area contributed by atoms with Gasteiger partial charge in [-0.05, 0) is 56.1 Å². The van der Waals surface area contributed by atoms with Crippen LogP contribution in [0, 0.1) is 25.2 Å². The van der Waals surface area contributed by atoms with E-state index in [0.717, 1.165) is 46.4 Å². The molecule has 0 fully saturated rings. The van der Waals surface area contributed by atoms with Gasteiger partial charge in [-0.3, -0.25) is 4.68 Å². The maximum Gasteiger partial charge on any atom is 0.173 e. The van der Waals surface area contributed by atoms with Crippen molar-refractivity contribution in [3.05, 3.63) is 40.0 Å². The van der Waals surface area contributed by atoms with Crippen molar-refractivity contribution in [1.29, 1.82) is 0 Å². The third-order valence-corrected chi connectivity index (χ3v) is 8.00. The van der Waals surface area contributed by atoms with Crippen molar-refractivity contribution in [2.24, 2.45) is 11.3 Å². The Morgan fingerprint density at radius 1 is 1.24 bits per heavy atom. The van der Waals surface area contributed by atoms with Gasteiger partial charge in [0.25, 0.3) is 0 Å². The highest BCUT2D eigenvalue weighted by atomic mass is 32.1. The van der Waals surface area contributed by atoms with E-state index in [1.807, 2.05) is 33.8 Å². The Labute approximate surface area is 175 Å². The molecule has 1 aliphatic rings. The zero-order valence-corrected chi connectivity index (χ0v) is 18.7. The summed E-state index contributed by atoms with van der Waals surface area (Å²) in [6.07, 6.45) is 6.55. The summed E-state index contributed by atoms with van der Waals surface area (Å²) in [7, 11) is 0. The molecule has 0 saturated heterocycles. The summed E-state index contributed by atoms with van der Waals surface area (Å²) in [6, 6.07) is 2.08. The Kier molecular flexibility index (Phi) is 4.28. The van der Waals surface area contributed by atoms with Crippen molar-refractivity contribution in [3.8, 4) is 0 Å². The Morgan fingerprint density at radius 3 is 2.79 bits per heavy atom. The smallest absolute Gasteiger partial charge is 0.173 e. The molecular weight excluding hydrogens is 380 g/mol. The first-order valence-electron chi connectivity index (χ1n) is 10.5. The molecule has 29 heavy (non-hydrogen) atoms. The molecule has 4 heterocycles. The van der Waals surface area contributed by atoms with E-state index in [4.69, 9.17) is 15.1 Å². The first kappa shape index (κ1) is 18.7. The summed E-state index contributed by atoms with van der Waals surface area (Å²) in [6.45, 7) is 11.8. The molecular formula is C22H28N6S. The second kappa shape index (κ2) is 6.62. The van der Waals surface area contributed by atoms with Gasteiger partial charge < -0.3 is 0 Å². The van der Waals surface area contributed by atoms with Gasteiger partial charge >= 0.3 is 0 Å². The van der Waals surface area contributed by atoms with Crippen molar-refractivity contribution in [3.63, 3.8) is 0 Å². The lowest BCUT2D eigenvalue weighted by molar-refractivity contribution is 0.184. The van der Waals surface area contributed by atoms with E-state index in [1.165, 1.54) is 28.7 Å². The molecule has 0 spiro atoms. The highest BCUT2D eigenvalue weighted by molar-refractivity contribution is 7.19. The topological polar surface area (TPSA) is 60.9 Å². The molecule has 0 aliphatic heterocycles. The van der Waals surface area contributed by atoms with Crippen LogP contribution in [0.25, 0.3) is 15.9 Å². The summed E-state index contributed by atoms with van der Waals surface area (Å²) in [4.78, 5) is 12.2. The van der Waals surface area contributed by atoms with E-state index in [9.17, 15) is 0 Å². The lowest BCUT2D eigenvalue weighted by Crippen LogP contribution is -2.28. The van der Waals surface area contributed by atoms with Crippen molar-refractivity contribution in [1.82, 2.24) is 29.4 Å². The van der Waals surface area contributed by atoms with Gasteiger partial charge in [-0.2, -0.15) is 5.10 Å². The van der Waals surface area contributed by atoms with Crippen LogP contribution in [-0.4, -0.2) is 29.4 Å². The minimum absolute atomic E-state index is 0.387. The number of hydrogen-bond donors (Lipinski definition) is 0. The Balaban J connectivity index is 1.56. The van der Waals surface area contributed by atoms with Gasteiger partial charge in [-0.25, -0.2) is 14.5 Å². The van der Waals surface area contributed by atoms with Gasteiger partial charge in [0, 0.05) is 10.6 Å². The molecule has 0 aromatic carbocycles. The minimum atomic E-state index is 0.387. The summed E-state index contributed by atoms with van der Waals surface area (Å²) in [5, 5.41) is 10.5. The molecule has 0 amide bonds. The molecule has 152 valence electrons. The van der Waals surface area contributed by atoms with E-state index < -0.39 is 0 Å². The van der Waals surface area contributed by atoms with Gasteiger partial charge in [0.2, 0.25) is 0 Å². The molecule has 0 unspecified atom stereocenters. The van der Waals surface area contributed by atoms with Gasteiger partial charge in [0.05, 0.1) is 11.1 Å². The molecule has 4 aromatic heterocycles. The largest absolute Gasteiger partial charge is 0.262 e. The summed E-state index contributed by atoms with van der Waals surface area (Å²) in [5.74, 6) is 1.52. The highest BCUT2D eigenvalue weighted by Crippen LogP contribution is 2.44. The Bertz CT molecular complexity index is 1210. The third-order valence-electron chi connectivity index (χ3n) is 6.84. The minimum Gasteiger partial charge on any atom is -0.262 e. The molecule has 4 aromatic rings. The SMILES string of the molecule is CCC(C)(C)[C@@H]1CCc2c(sc3ncn4nc(Cn5nc(C)cc5C)nc4c23)C1. The summed E-state index contributed by atoms with van der Waals surface area (Å²) >= 11 is 1.85. The van der Waals surface area contributed by atoms with Crippen molar-refractivity contribution >= 4 is 27.2 Å². The maximum atomic E-state index is 4.91. The van der Waals surface area contributed by atoms with Crippen LogP contribution in [0.3, 0.4) is 0 Å². The maximum absolute atomic E-state index is 4.91. The Hall–Kier alpha value is -2.28. The van der Waals surface area contributed by atoms with Gasteiger partial charge in [-0.1, -0.05) is 27.2 Å². The Morgan fingerprint density at radius 2 is 2.07 bits per heavy atom. The zero-order chi connectivity index (χ0) is 20.3. The second-order valence-electron chi connectivity index (χ2n) is 9.09. The molecule has 1 atom stereocenters. The number of thiophene rings is 1. The van der Waals surface area contributed by atoms with Crippen LogP contribution in [-0.2, 0) is 19.4 Å². The number of fused-ring (bicyclic) bond motifs is 5. The number of hydrogen-bond acceptors (Lipinski definition) is 5. The van der Waals surface area contributed by atoms with Gasteiger partial charge in [-0.15, -0.1) is 16.4 Å². The normalized spacial score (nSPS) is 17.3. The van der Waals surface area contributed by atoms with Crippen LogP contribution < -0.4 is 0 Å². The molecule has 0 radical (unpaired) electrons. The summed E-state index contributed by atoms with van der Waals surface area (Å²) < 4.78 is 3.81. The van der Waals surface area contributed by atoms with Crippen LogP contribution >= 0.6 is 11.3 Å². The predicted octanol–water partition coefficient (Wildman–Crippen LogP) is 4.74.